The molecule has 9 heteroatoms. The van der Waals surface area contributed by atoms with E-state index in [1.807, 2.05) is 32.9 Å². The molecule has 3 heterocycles. The molecule has 0 spiro atoms. The Kier molecular flexibility index (Phi) is 5.65. The fraction of sp³-hybridized carbons (Fsp3) is 0.269. The van der Waals surface area contributed by atoms with Crippen molar-refractivity contribution in [1.82, 2.24) is 15.0 Å². The maximum atomic E-state index is 12.9. The summed E-state index contributed by atoms with van der Waals surface area (Å²) >= 11 is 6.04. The summed E-state index contributed by atoms with van der Waals surface area (Å²) in [6, 6.07) is 12.6. The number of aromatic nitrogens is 3. The molecule has 0 saturated heterocycles. The van der Waals surface area contributed by atoms with Gasteiger partial charge in [-0.3, -0.25) is 9.59 Å². The van der Waals surface area contributed by atoms with E-state index in [2.05, 4.69) is 15.3 Å². The molecule has 1 aliphatic rings. The number of amides is 1. The van der Waals surface area contributed by atoms with Gasteiger partial charge in [-0.05, 0) is 62.2 Å². The van der Waals surface area contributed by atoms with Crippen molar-refractivity contribution < 1.29 is 9.90 Å². The first kappa shape index (κ1) is 23.1. The Morgan fingerprint density at radius 3 is 2.74 bits per heavy atom. The van der Waals surface area contributed by atoms with Crippen molar-refractivity contribution in [3.05, 3.63) is 75.2 Å². The number of hydrogen-bond donors (Lipinski definition) is 4. The molecule has 1 atom stereocenters. The molecule has 0 bridgehead atoms. The SMILES string of the molecule is CCN1C(=O)C(C)(C)c2cc3nc(-c4c(NC[C@@H](O)c5cccc(Cl)c5)cc[nH]c4=O)[nH]c3cc21. The minimum Gasteiger partial charge on any atom is -0.387 e. The number of aromatic amines is 2. The largest absolute Gasteiger partial charge is 0.387 e. The molecule has 0 saturated carbocycles. The molecule has 0 aliphatic carbocycles. The monoisotopic (exact) mass is 491 g/mol. The Balaban J connectivity index is 1.51. The van der Waals surface area contributed by atoms with Gasteiger partial charge in [-0.2, -0.15) is 0 Å². The number of H-pyrrole nitrogens is 2. The van der Waals surface area contributed by atoms with E-state index >= 15 is 0 Å². The van der Waals surface area contributed by atoms with Crippen molar-refractivity contribution in [2.24, 2.45) is 0 Å². The predicted molar refractivity (Wildman–Crippen MR) is 138 cm³/mol. The molecule has 0 fully saturated rings. The Bertz CT molecular complexity index is 1510. The third-order valence-corrected chi connectivity index (χ3v) is 6.81. The number of benzene rings is 2. The van der Waals surface area contributed by atoms with Crippen LogP contribution in [0.1, 0.15) is 38.0 Å². The Hall–Kier alpha value is -3.62. The summed E-state index contributed by atoms with van der Waals surface area (Å²) in [6.45, 7) is 6.53. The van der Waals surface area contributed by atoms with Crippen molar-refractivity contribution in [2.75, 3.05) is 23.3 Å². The lowest BCUT2D eigenvalue weighted by Gasteiger charge is -2.18. The lowest BCUT2D eigenvalue weighted by molar-refractivity contribution is -0.122. The number of rotatable bonds is 6. The van der Waals surface area contributed by atoms with Gasteiger partial charge in [0, 0.05) is 24.3 Å². The maximum Gasteiger partial charge on any atom is 0.261 e. The summed E-state index contributed by atoms with van der Waals surface area (Å²) in [7, 11) is 0. The summed E-state index contributed by atoms with van der Waals surface area (Å²) in [5, 5.41) is 14.3. The second kappa shape index (κ2) is 8.55. The van der Waals surface area contributed by atoms with Gasteiger partial charge in [0.25, 0.3) is 5.56 Å². The van der Waals surface area contributed by atoms with Crippen LogP contribution in [0.5, 0.6) is 0 Å². The number of nitrogens with one attached hydrogen (secondary N) is 3. The zero-order valence-electron chi connectivity index (χ0n) is 19.6. The third kappa shape index (κ3) is 3.88. The van der Waals surface area contributed by atoms with Gasteiger partial charge in [-0.1, -0.05) is 23.7 Å². The van der Waals surface area contributed by atoms with E-state index in [1.54, 1.807) is 41.4 Å². The first-order chi connectivity index (χ1) is 16.7. The lowest BCUT2D eigenvalue weighted by atomic mass is 9.86. The second-order valence-corrected chi connectivity index (χ2v) is 9.63. The van der Waals surface area contributed by atoms with Crippen LogP contribution in [-0.4, -0.2) is 39.1 Å². The standard InChI is InChI=1S/C26H26ClN5O3/c1-4-32-20-12-19-18(11-16(20)26(2,3)25(32)35)30-23(31-19)22-17(8-9-28-24(22)34)29-13-21(33)14-6-5-7-15(27)10-14/h5-12,21,33H,4,13H2,1-3H3,(H,30,31)(H2,28,29,34)/t21-/m1/s1. The summed E-state index contributed by atoms with van der Waals surface area (Å²) in [4.78, 5) is 38.1. The van der Waals surface area contributed by atoms with Crippen LogP contribution in [0.2, 0.25) is 5.02 Å². The Labute approximate surface area is 207 Å². The summed E-state index contributed by atoms with van der Waals surface area (Å²) in [6.07, 6.45) is 0.726. The average Bonchev–Trinajstić information content (AvgIpc) is 3.32. The van der Waals surface area contributed by atoms with Crippen molar-refractivity contribution in [3.8, 4) is 11.4 Å². The van der Waals surface area contributed by atoms with Gasteiger partial charge >= 0.3 is 0 Å². The topological polar surface area (TPSA) is 114 Å². The molecule has 4 aromatic rings. The van der Waals surface area contributed by atoms with Gasteiger partial charge in [-0.25, -0.2) is 4.98 Å². The number of halogens is 1. The highest BCUT2D eigenvalue weighted by Gasteiger charge is 2.43. The number of aliphatic hydroxyl groups excluding tert-OH is 1. The van der Waals surface area contributed by atoms with E-state index in [0.29, 0.717) is 39.7 Å². The molecule has 1 aliphatic heterocycles. The minimum absolute atomic E-state index is 0.0622. The van der Waals surface area contributed by atoms with E-state index in [1.165, 1.54) is 0 Å². The van der Waals surface area contributed by atoms with E-state index in [-0.39, 0.29) is 18.0 Å². The van der Waals surface area contributed by atoms with E-state index in [9.17, 15) is 14.7 Å². The van der Waals surface area contributed by atoms with Gasteiger partial charge in [0.15, 0.2) is 0 Å². The molecule has 8 nitrogen and oxygen atoms in total. The molecular weight excluding hydrogens is 466 g/mol. The minimum atomic E-state index is -0.820. The number of fused-ring (bicyclic) bond motifs is 2. The van der Waals surface area contributed by atoms with Crippen LogP contribution in [0.3, 0.4) is 0 Å². The van der Waals surface area contributed by atoms with E-state index < -0.39 is 11.5 Å². The van der Waals surface area contributed by atoms with E-state index in [0.717, 1.165) is 16.8 Å². The highest BCUT2D eigenvalue weighted by molar-refractivity contribution is 6.30. The second-order valence-electron chi connectivity index (χ2n) is 9.19. The quantitative estimate of drug-likeness (QED) is 0.320. The van der Waals surface area contributed by atoms with E-state index in [4.69, 9.17) is 16.6 Å². The van der Waals surface area contributed by atoms with Crippen molar-refractivity contribution in [3.63, 3.8) is 0 Å². The number of aliphatic hydroxyl groups is 1. The van der Waals surface area contributed by atoms with Crippen LogP contribution >= 0.6 is 11.6 Å². The van der Waals surface area contributed by atoms with Gasteiger partial charge in [0.2, 0.25) is 5.91 Å². The highest BCUT2D eigenvalue weighted by Crippen LogP contribution is 2.43. The van der Waals surface area contributed by atoms with Gasteiger partial charge in [-0.15, -0.1) is 0 Å². The number of likely N-dealkylation sites (N-methyl/N-ethyl adjacent to an activating group) is 1. The number of nitrogens with zero attached hydrogens (tertiary/aromatic N) is 2. The van der Waals surface area contributed by atoms with Crippen LogP contribution in [-0.2, 0) is 10.2 Å². The fourth-order valence-electron chi connectivity index (χ4n) is 4.66. The third-order valence-electron chi connectivity index (χ3n) is 6.58. The van der Waals surface area contributed by atoms with Crippen LogP contribution in [0.15, 0.2) is 53.5 Å². The molecule has 35 heavy (non-hydrogen) atoms. The van der Waals surface area contributed by atoms with Gasteiger partial charge in [0.1, 0.15) is 11.4 Å². The van der Waals surface area contributed by atoms with Crippen molar-refractivity contribution in [2.45, 2.75) is 32.3 Å². The average molecular weight is 492 g/mol. The summed E-state index contributed by atoms with van der Waals surface area (Å²) < 4.78 is 0. The normalized spacial score (nSPS) is 15.5. The zero-order chi connectivity index (χ0) is 24.9. The van der Waals surface area contributed by atoms with Crippen LogP contribution in [0.4, 0.5) is 11.4 Å². The Morgan fingerprint density at radius 1 is 1.20 bits per heavy atom. The molecule has 180 valence electrons. The van der Waals surface area contributed by atoms with Crippen LogP contribution < -0.4 is 15.8 Å². The molecule has 0 unspecified atom stereocenters. The molecule has 1 amide bonds. The molecule has 4 N–H and O–H groups in total. The number of carbonyl (C=O) groups excluding carboxylic acids is 1. The number of carbonyl (C=O) groups is 1. The number of pyridine rings is 1. The number of imidazole rings is 1. The summed E-state index contributed by atoms with van der Waals surface area (Å²) in [5.41, 5.74) is 3.76. The van der Waals surface area contributed by atoms with Crippen molar-refractivity contribution in [1.29, 1.82) is 0 Å². The highest BCUT2D eigenvalue weighted by atomic mass is 35.5. The Morgan fingerprint density at radius 2 is 2.00 bits per heavy atom. The smallest absolute Gasteiger partial charge is 0.261 e. The fourth-order valence-corrected chi connectivity index (χ4v) is 4.86. The molecular formula is C26H26ClN5O3. The number of hydrogen-bond acceptors (Lipinski definition) is 5. The van der Waals surface area contributed by atoms with Crippen LogP contribution in [0.25, 0.3) is 22.4 Å². The maximum absolute atomic E-state index is 12.9. The molecule has 0 radical (unpaired) electrons. The molecule has 2 aromatic heterocycles. The molecule has 5 rings (SSSR count). The molecule has 2 aromatic carbocycles. The van der Waals surface area contributed by atoms with Crippen molar-refractivity contribution >= 4 is 39.9 Å². The first-order valence-electron chi connectivity index (χ1n) is 11.5. The lowest BCUT2D eigenvalue weighted by Crippen LogP contribution is -2.35. The van der Waals surface area contributed by atoms with Gasteiger partial charge < -0.3 is 25.3 Å². The first-order valence-corrected chi connectivity index (χ1v) is 11.8. The zero-order valence-corrected chi connectivity index (χ0v) is 20.4. The number of anilines is 2. The van der Waals surface area contributed by atoms with Gasteiger partial charge in [0.05, 0.1) is 33.9 Å². The van der Waals surface area contributed by atoms with Crippen LogP contribution in [0, 0.1) is 0 Å². The summed E-state index contributed by atoms with van der Waals surface area (Å²) in [5.74, 6) is 0.463. The predicted octanol–water partition coefficient (Wildman–Crippen LogP) is 4.36.